The predicted molar refractivity (Wildman–Crippen MR) is 79.9 cm³/mol. The highest BCUT2D eigenvalue weighted by Crippen LogP contribution is 2.47. The molecule has 3 heteroatoms. The average molecular weight is 282 g/mol. The number of benzene rings is 2. The minimum absolute atomic E-state index is 0.190. The van der Waals surface area contributed by atoms with E-state index in [2.05, 4.69) is 0 Å². The molecule has 2 atom stereocenters. The average Bonchev–Trinajstić information content (AvgIpc) is 3.30. The maximum atomic E-state index is 10.9. The van der Waals surface area contributed by atoms with Crippen LogP contribution >= 0.6 is 0 Å². The summed E-state index contributed by atoms with van der Waals surface area (Å²) in [5.41, 5.74) is 3.40. The van der Waals surface area contributed by atoms with Gasteiger partial charge in [-0.3, -0.25) is 4.79 Å². The van der Waals surface area contributed by atoms with Gasteiger partial charge in [-0.25, -0.2) is 0 Å². The van der Waals surface area contributed by atoms with Crippen LogP contribution in [0.25, 0.3) is 0 Å². The number of hydrogen-bond donors (Lipinski definition) is 1. The van der Waals surface area contributed by atoms with Crippen LogP contribution < -0.4 is 0 Å². The van der Waals surface area contributed by atoms with Crippen LogP contribution in [0.1, 0.15) is 29.0 Å². The Morgan fingerprint density at radius 1 is 1.00 bits per heavy atom. The molecule has 2 aromatic carbocycles. The van der Waals surface area contributed by atoms with Crippen molar-refractivity contribution >= 4 is 5.97 Å². The maximum absolute atomic E-state index is 10.9. The van der Waals surface area contributed by atoms with Gasteiger partial charge >= 0.3 is 5.97 Å². The molecule has 0 heterocycles. The van der Waals surface area contributed by atoms with Crippen LogP contribution in [0.2, 0.25) is 0 Å². The van der Waals surface area contributed by atoms with Crippen LogP contribution in [0.3, 0.4) is 0 Å². The zero-order valence-corrected chi connectivity index (χ0v) is 11.7. The topological polar surface area (TPSA) is 46.5 Å². The van der Waals surface area contributed by atoms with Crippen molar-refractivity contribution < 1.29 is 14.6 Å². The van der Waals surface area contributed by atoms with Gasteiger partial charge < -0.3 is 9.84 Å². The standard InChI is InChI=1S/C18H18O3/c19-18(20)17-10-16(17)15-8-6-14(7-9-15)12-21-11-13-4-2-1-3-5-13/h1-9,16-17H,10-12H2,(H,19,20)/t16?,17-/m1/s1. The van der Waals surface area contributed by atoms with Crippen molar-refractivity contribution in [1.82, 2.24) is 0 Å². The molecule has 1 fully saturated rings. The van der Waals surface area contributed by atoms with Gasteiger partial charge in [0.1, 0.15) is 0 Å². The molecule has 0 bridgehead atoms. The first-order chi connectivity index (χ1) is 10.2. The van der Waals surface area contributed by atoms with Gasteiger partial charge in [-0.05, 0) is 29.0 Å². The molecule has 0 aliphatic heterocycles. The van der Waals surface area contributed by atoms with E-state index in [0.717, 1.165) is 23.1 Å². The molecule has 108 valence electrons. The molecule has 1 unspecified atom stereocenters. The Labute approximate surface area is 124 Å². The second-order valence-corrected chi connectivity index (χ2v) is 5.51. The second-order valence-electron chi connectivity index (χ2n) is 5.51. The van der Waals surface area contributed by atoms with Gasteiger partial charge in [-0.15, -0.1) is 0 Å². The molecule has 0 radical (unpaired) electrons. The molecule has 0 spiro atoms. The number of carbonyl (C=O) groups is 1. The van der Waals surface area contributed by atoms with Crippen LogP contribution in [-0.2, 0) is 22.7 Å². The van der Waals surface area contributed by atoms with Gasteiger partial charge in [-0.2, -0.15) is 0 Å². The highest BCUT2D eigenvalue weighted by Gasteiger charge is 2.43. The summed E-state index contributed by atoms with van der Waals surface area (Å²) in [6, 6.07) is 18.2. The SMILES string of the molecule is O=C(O)[C@@H]1CC1c1ccc(COCc2ccccc2)cc1. The molecule has 3 rings (SSSR count). The summed E-state index contributed by atoms with van der Waals surface area (Å²) in [5.74, 6) is -0.678. The summed E-state index contributed by atoms with van der Waals surface area (Å²) < 4.78 is 5.69. The number of aliphatic carboxylic acids is 1. The van der Waals surface area contributed by atoms with Crippen LogP contribution in [0.4, 0.5) is 0 Å². The normalized spacial score (nSPS) is 20.2. The van der Waals surface area contributed by atoms with Gasteiger partial charge in [0.25, 0.3) is 0 Å². The third-order valence-electron chi connectivity index (χ3n) is 3.90. The van der Waals surface area contributed by atoms with E-state index in [1.165, 1.54) is 0 Å². The molecule has 1 saturated carbocycles. The molecular formula is C18H18O3. The van der Waals surface area contributed by atoms with E-state index in [1.54, 1.807) is 0 Å². The molecule has 1 N–H and O–H groups in total. The van der Waals surface area contributed by atoms with Gasteiger partial charge in [0.2, 0.25) is 0 Å². The van der Waals surface area contributed by atoms with E-state index in [9.17, 15) is 4.79 Å². The van der Waals surface area contributed by atoms with E-state index >= 15 is 0 Å². The Kier molecular flexibility index (Phi) is 4.02. The van der Waals surface area contributed by atoms with Crippen molar-refractivity contribution in [3.8, 4) is 0 Å². The fraction of sp³-hybridized carbons (Fsp3) is 0.278. The molecular weight excluding hydrogens is 264 g/mol. The summed E-state index contributed by atoms with van der Waals surface area (Å²) >= 11 is 0. The lowest BCUT2D eigenvalue weighted by molar-refractivity contribution is -0.138. The van der Waals surface area contributed by atoms with Gasteiger partial charge in [0.15, 0.2) is 0 Å². The zero-order valence-electron chi connectivity index (χ0n) is 11.7. The minimum Gasteiger partial charge on any atom is -0.481 e. The maximum Gasteiger partial charge on any atom is 0.307 e. The largest absolute Gasteiger partial charge is 0.481 e. The second kappa shape index (κ2) is 6.10. The summed E-state index contributed by atoms with van der Waals surface area (Å²) in [6.07, 6.45) is 0.763. The molecule has 0 saturated heterocycles. The van der Waals surface area contributed by atoms with Crippen molar-refractivity contribution in [2.24, 2.45) is 5.92 Å². The monoisotopic (exact) mass is 282 g/mol. The lowest BCUT2D eigenvalue weighted by atomic mass is 10.1. The van der Waals surface area contributed by atoms with Crippen LogP contribution in [0.5, 0.6) is 0 Å². The van der Waals surface area contributed by atoms with E-state index in [1.807, 2.05) is 54.6 Å². The third kappa shape index (κ3) is 3.50. The number of carboxylic acid groups (broad SMARTS) is 1. The fourth-order valence-electron chi connectivity index (χ4n) is 2.56. The lowest BCUT2D eigenvalue weighted by Gasteiger charge is -2.06. The highest BCUT2D eigenvalue weighted by molar-refractivity contribution is 5.75. The van der Waals surface area contributed by atoms with Crippen LogP contribution in [-0.4, -0.2) is 11.1 Å². The number of carboxylic acids is 1. The van der Waals surface area contributed by atoms with Crippen LogP contribution in [0, 0.1) is 5.92 Å². The van der Waals surface area contributed by atoms with Crippen LogP contribution in [0.15, 0.2) is 54.6 Å². The highest BCUT2D eigenvalue weighted by atomic mass is 16.5. The summed E-state index contributed by atoms with van der Waals surface area (Å²) in [4.78, 5) is 10.9. The summed E-state index contributed by atoms with van der Waals surface area (Å²) in [6.45, 7) is 1.18. The van der Waals surface area contributed by atoms with E-state index in [0.29, 0.717) is 13.2 Å². The molecule has 0 amide bonds. The molecule has 1 aliphatic rings. The Morgan fingerprint density at radius 3 is 2.19 bits per heavy atom. The molecule has 3 nitrogen and oxygen atoms in total. The molecule has 2 aromatic rings. The van der Waals surface area contributed by atoms with Gasteiger partial charge in [0, 0.05) is 0 Å². The Morgan fingerprint density at radius 2 is 1.62 bits per heavy atom. The van der Waals surface area contributed by atoms with Crippen molar-refractivity contribution in [3.05, 3.63) is 71.3 Å². The summed E-state index contributed by atoms with van der Waals surface area (Å²) in [5, 5.41) is 8.94. The smallest absolute Gasteiger partial charge is 0.307 e. The zero-order chi connectivity index (χ0) is 14.7. The Hall–Kier alpha value is -2.13. The molecule has 21 heavy (non-hydrogen) atoms. The van der Waals surface area contributed by atoms with E-state index in [4.69, 9.17) is 9.84 Å². The predicted octanol–water partition coefficient (Wildman–Crippen LogP) is 3.59. The van der Waals surface area contributed by atoms with Crippen molar-refractivity contribution in [2.45, 2.75) is 25.6 Å². The first-order valence-electron chi connectivity index (χ1n) is 7.17. The third-order valence-corrected chi connectivity index (χ3v) is 3.90. The van der Waals surface area contributed by atoms with Gasteiger partial charge in [-0.1, -0.05) is 54.6 Å². The number of rotatable bonds is 6. The fourth-order valence-corrected chi connectivity index (χ4v) is 2.56. The number of hydrogen-bond acceptors (Lipinski definition) is 2. The minimum atomic E-state index is -0.685. The lowest BCUT2D eigenvalue weighted by Crippen LogP contribution is -1.99. The first-order valence-corrected chi connectivity index (χ1v) is 7.17. The van der Waals surface area contributed by atoms with E-state index in [-0.39, 0.29) is 11.8 Å². The van der Waals surface area contributed by atoms with Crippen molar-refractivity contribution in [3.63, 3.8) is 0 Å². The summed E-state index contributed by atoms with van der Waals surface area (Å²) in [7, 11) is 0. The van der Waals surface area contributed by atoms with Crippen molar-refractivity contribution in [1.29, 1.82) is 0 Å². The molecule has 0 aromatic heterocycles. The quantitative estimate of drug-likeness (QED) is 0.880. The number of ether oxygens (including phenoxy) is 1. The Balaban J connectivity index is 1.50. The van der Waals surface area contributed by atoms with E-state index < -0.39 is 5.97 Å². The van der Waals surface area contributed by atoms with Gasteiger partial charge in [0.05, 0.1) is 19.1 Å². The Bertz CT molecular complexity index is 604. The molecule has 1 aliphatic carbocycles. The van der Waals surface area contributed by atoms with Crippen molar-refractivity contribution in [2.75, 3.05) is 0 Å². The first kappa shape index (κ1) is 13.8.